The first-order valence-electron chi connectivity index (χ1n) is 21.6. The first kappa shape index (κ1) is 44.7. The van der Waals surface area contributed by atoms with Crippen LogP contribution in [0.3, 0.4) is 0 Å². The molecule has 5 heterocycles. The molecule has 4 amide bonds. The lowest BCUT2D eigenvalue weighted by atomic mass is 9.78. The molecule has 18 heteroatoms. The highest BCUT2D eigenvalue weighted by atomic mass is 35.5. The number of para-hydroxylation sites is 1. The van der Waals surface area contributed by atoms with Crippen molar-refractivity contribution >= 4 is 47.0 Å². The number of benzene rings is 2. The summed E-state index contributed by atoms with van der Waals surface area (Å²) >= 11 is 6.16. The number of amides is 4. The number of morpholine rings is 1. The zero-order chi connectivity index (χ0) is 43.1. The number of carbonyl (C=O) groups is 4. The van der Waals surface area contributed by atoms with Gasteiger partial charge in [-0.25, -0.2) is 9.59 Å². The number of ether oxygens (including phenoxy) is 3. The van der Waals surface area contributed by atoms with E-state index in [0.717, 1.165) is 75.7 Å². The maximum Gasteiger partial charge on any atom is 0.418 e. The van der Waals surface area contributed by atoms with Crippen molar-refractivity contribution in [1.82, 2.24) is 24.5 Å². The van der Waals surface area contributed by atoms with Gasteiger partial charge in [0.2, 0.25) is 0 Å². The number of rotatable bonds is 12. The second kappa shape index (κ2) is 20.2. The van der Waals surface area contributed by atoms with Crippen LogP contribution in [0.15, 0.2) is 36.4 Å². The third-order valence-electron chi connectivity index (χ3n) is 13.0. The molecule has 0 spiro atoms. The molecule has 3 N–H and O–H groups in total. The summed E-state index contributed by atoms with van der Waals surface area (Å²) in [6.07, 6.45) is -2.46. The predicted octanol–water partition coefficient (Wildman–Crippen LogP) is 5.72. The summed E-state index contributed by atoms with van der Waals surface area (Å²) in [6.45, 7) is 8.48. The fourth-order valence-electron chi connectivity index (χ4n) is 9.37. The Morgan fingerprint density at radius 3 is 2.20 bits per heavy atom. The summed E-state index contributed by atoms with van der Waals surface area (Å²) < 4.78 is 58.5. The van der Waals surface area contributed by atoms with Crippen LogP contribution in [0, 0.1) is 11.8 Å². The quantitative estimate of drug-likeness (QED) is 0.201. The molecule has 5 aliphatic heterocycles. The molecule has 0 saturated carbocycles. The molecular formula is C43H57ClF3N7O7. The van der Waals surface area contributed by atoms with Gasteiger partial charge in [0.1, 0.15) is 6.61 Å². The molecule has 0 unspecified atom stereocenters. The number of fused-ring (bicyclic) bond motifs is 1. The molecule has 4 fully saturated rings. The number of hydrogen-bond donors (Lipinski definition) is 2. The summed E-state index contributed by atoms with van der Waals surface area (Å²) in [5.74, 6) is 0.197. The van der Waals surface area contributed by atoms with Crippen LogP contribution < -0.4 is 11.1 Å². The number of esters is 1. The van der Waals surface area contributed by atoms with Crippen LogP contribution in [0.2, 0.25) is 5.02 Å². The number of carbonyl (C=O) groups excluding carboxylic acids is 4. The fourth-order valence-corrected chi connectivity index (χ4v) is 9.61. The summed E-state index contributed by atoms with van der Waals surface area (Å²) in [7, 11) is 0. The number of nitrogens with two attached hydrogens (primary N) is 1. The molecule has 1 atom stereocenters. The van der Waals surface area contributed by atoms with E-state index in [1.165, 1.54) is 11.0 Å². The van der Waals surface area contributed by atoms with Gasteiger partial charge in [0.25, 0.3) is 5.91 Å². The monoisotopic (exact) mass is 875 g/mol. The van der Waals surface area contributed by atoms with E-state index in [4.69, 9.17) is 31.5 Å². The van der Waals surface area contributed by atoms with E-state index < -0.39 is 35.5 Å². The summed E-state index contributed by atoms with van der Waals surface area (Å²) in [5, 5.41) is 2.63. The highest BCUT2D eigenvalue weighted by Gasteiger charge is 2.39. The number of nitrogens with zero attached hydrogens (tertiary/aromatic N) is 5. The number of nitrogen functional groups attached to an aromatic ring is 1. The molecule has 2 aromatic rings. The summed E-state index contributed by atoms with van der Waals surface area (Å²) in [5.41, 5.74) is 5.80. The van der Waals surface area contributed by atoms with Gasteiger partial charge in [0.05, 0.1) is 35.9 Å². The lowest BCUT2D eigenvalue weighted by Gasteiger charge is -2.41. The number of anilines is 2. The maximum atomic E-state index is 14.2. The highest BCUT2D eigenvalue weighted by Crippen LogP contribution is 2.39. The maximum absolute atomic E-state index is 14.2. The molecule has 2 aromatic carbocycles. The summed E-state index contributed by atoms with van der Waals surface area (Å²) in [6, 6.07) is 9.40. The van der Waals surface area contributed by atoms with E-state index in [1.807, 2.05) is 24.3 Å². The Morgan fingerprint density at radius 2 is 1.51 bits per heavy atom. The standard InChI is InChI=1S/C43H57ClF3N7O7/c44-35-26-29(25-34(39(35)48)43(45,46)47)27-37(61-42(58)53-17-9-33(10-18-53)54-28-32-3-1-2-4-36(32)49-41(54)57)40(56)52-15-7-31(8-16-52)30-5-12-50(13-6-30)14-11-38(55)60-24-21-51-19-22-59-23-20-51/h1-4,25-26,30-31,33,37H,5-24,27-28,48H2,(H,49,57)/t37-/m1/s1. The van der Waals surface area contributed by atoms with Crippen molar-refractivity contribution < 1.29 is 46.6 Å². The average Bonchev–Trinajstić information content (AvgIpc) is 3.26. The van der Waals surface area contributed by atoms with Crippen molar-refractivity contribution in [1.29, 1.82) is 0 Å². The number of urea groups is 1. The third kappa shape index (κ3) is 11.6. The zero-order valence-electron chi connectivity index (χ0n) is 34.5. The Kier molecular flexibility index (Phi) is 14.8. The van der Waals surface area contributed by atoms with E-state index in [9.17, 15) is 32.3 Å². The van der Waals surface area contributed by atoms with Gasteiger partial charge in [-0.15, -0.1) is 0 Å². The molecule has 5 aliphatic rings. The topological polar surface area (TPSA) is 150 Å². The number of piperidine rings is 3. The van der Waals surface area contributed by atoms with Crippen LogP contribution in [0.4, 0.5) is 34.1 Å². The smallest absolute Gasteiger partial charge is 0.418 e. The Morgan fingerprint density at radius 1 is 0.869 bits per heavy atom. The van der Waals surface area contributed by atoms with Gasteiger partial charge in [-0.05, 0) is 92.8 Å². The van der Waals surface area contributed by atoms with E-state index >= 15 is 0 Å². The van der Waals surface area contributed by atoms with Crippen molar-refractivity contribution in [2.45, 2.75) is 76.2 Å². The van der Waals surface area contributed by atoms with Gasteiger partial charge in [0.15, 0.2) is 6.10 Å². The molecule has 0 radical (unpaired) electrons. The molecule has 61 heavy (non-hydrogen) atoms. The number of hydrogen-bond acceptors (Lipinski definition) is 10. The first-order chi connectivity index (χ1) is 29.3. The van der Waals surface area contributed by atoms with Crippen molar-refractivity contribution in [3.05, 3.63) is 58.1 Å². The highest BCUT2D eigenvalue weighted by molar-refractivity contribution is 6.33. The lowest BCUT2D eigenvalue weighted by Crippen LogP contribution is -2.52. The Balaban J connectivity index is 0.912. The van der Waals surface area contributed by atoms with E-state index in [1.54, 1.807) is 9.80 Å². The second-order valence-electron chi connectivity index (χ2n) is 16.8. The lowest BCUT2D eigenvalue weighted by molar-refractivity contribution is -0.145. The number of likely N-dealkylation sites (tertiary alicyclic amines) is 3. The molecule has 0 bridgehead atoms. The molecular weight excluding hydrogens is 819 g/mol. The normalized spacial score (nSPS) is 20.9. The van der Waals surface area contributed by atoms with Gasteiger partial charge < -0.3 is 44.9 Å². The SMILES string of the molecule is Nc1c(Cl)cc(C[C@@H](OC(=O)N2CCC(N3Cc4ccccc4NC3=O)CC2)C(=O)N2CCC(C3CCN(CCC(=O)OCCN4CCOCC4)CC3)CC2)cc1C(F)(F)F. The molecule has 7 rings (SSSR count). The van der Waals surface area contributed by atoms with Gasteiger partial charge in [0, 0.05) is 77.1 Å². The Hall–Kier alpha value is -4.32. The molecule has 334 valence electrons. The Bertz CT molecular complexity index is 1860. The number of alkyl halides is 3. The van der Waals surface area contributed by atoms with E-state index in [-0.39, 0.29) is 48.1 Å². The molecule has 0 aliphatic carbocycles. The minimum atomic E-state index is -4.79. The van der Waals surface area contributed by atoms with Gasteiger partial charge in [-0.1, -0.05) is 29.8 Å². The first-order valence-corrected chi connectivity index (χ1v) is 21.9. The van der Waals surface area contributed by atoms with Crippen molar-refractivity contribution in [3.63, 3.8) is 0 Å². The summed E-state index contributed by atoms with van der Waals surface area (Å²) in [4.78, 5) is 62.6. The molecule has 14 nitrogen and oxygen atoms in total. The van der Waals surface area contributed by atoms with Crippen LogP contribution in [0.25, 0.3) is 0 Å². The minimum absolute atomic E-state index is 0.0654. The minimum Gasteiger partial charge on any atom is -0.464 e. The van der Waals surface area contributed by atoms with Crippen molar-refractivity contribution in [2.75, 3.05) is 96.3 Å². The molecule has 4 saturated heterocycles. The largest absolute Gasteiger partial charge is 0.464 e. The zero-order valence-corrected chi connectivity index (χ0v) is 35.3. The van der Waals surface area contributed by atoms with Crippen LogP contribution in [0.1, 0.15) is 61.6 Å². The van der Waals surface area contributed by atoms with E-state index in [0.29, 0.717) is 77.1 Å². The van der Waals surface area contributed by atoms with Crippen LogP contribution in [-0.2, 0) is 42.9 Å². The van der Waals surface area contributed by atoms with Gasteiger partial charge in [-0.2, -0.15) is 13.2 Å². The van der Waals surface area contributed by atoms with Gasteiger partial charge >= 0.3 is 24.3 Å². The van der Waals surface area contributed by atoms with Crippen LogP contribution >= 0.6 is 11.6 Å². The Labute approximate surface area is 359 Å². The average molecular weight is 876 g/mol. The number of nitrogens with one attached hydrogen (secondary N) is 1. The van der Waals surface area contributed by atoms with Gasteiger partial charge in [-0.3, -0.25) is 14.5 Å². The van der Waals surface area contributed by atoms with Crippen molar-refractivity contribution in [2.24, 2.45) is 11.8 Å². The number of halogens is 4. The predicted molar refractivity (Wildman–Crippen MR) is 222 cm³/mol. The third-order valence-corrected chi connectivity index (χ3v) is 13.3. The van der Waals surface area contributed by atoms with Crippen LogP contribution in [0.5, 0.6) is 0 Å². The molecule has 0 aromatic heterocycles. The fraction of sp³-hybridized carbons (Fsp3) is 0.628. The van der Waals surface area contributed by atoms with E-state index in [2.05, 4.69) is 15.1 Å². The van der Waals surface area contributed by atoms with Crippen LogP contribution in [-0.4, -0.2) is 146 Å². The van der Waals surface area contributed by atoms with Crippen molar-refractivity contribution in [3.8, 4) is 0 Å². The second-order valence-corrected chi connectivity index (χ2v) is 17.2.